The molecule has 2 aromatic carbocycles. The Balaban J connectivity index is 0.00000150. The van der Waals surface area contributed by atoms with Crippen LogP contribution in [0.5, 0.6) is 5.75 Å². The lowest BCUT2D eigenvalue weighted by molar-refractivity contribution is 0.0411. The van der Waals surface area contributed by atoms with Gasteiger partial charge in [-0.15, -0.1) is 0 Å². The van der Waals surface area contributed by atoms with Gasteiger partial charge < -0.3 is 14.6 Å². The number of aliphatic hydroxyl groups excluding tert-OH is 1. The van der Waals surface area contributed by atoms with Gasteiger partial charge in [0.15, 0.2) is 11.6 Å². The number of ether oxygens (including phenoxy) is 2. The standard InChI is InChI=1S/C22H27N3O3.C2H6.CH2F2.CH3F/c1-16-5-9-18(10-6-16)21-23-20(25(4)24-21)14-27-13-17-7-11-19(12-8-17)28-22(2,3)15-26;1-2;2-1-3;1-2/h5-12,26H,13-15H2,1-4H3;1-2H3;1H2;1H3. The second kappa shape index (κ2) is 17.5. The molecule has 0 aliphatic heterocycles. The predicted molar refractivity (Wildman–Crippen MR) is 133 cm³/mol. The maximum Gasteiger partial charge on any atom is 0.229 e. The molecule has 3 aromatic rings. The summed E-state index contributed by atoms with van der Waals surface area (Å²) in [6.45, 7) is 8.80. The van der Waals surface area contributed by atoms with Gasteiger partial charge in [-0.3, -0.25) is 9.07 Å². The van der Waals surface area contributed by atoms with Crippen LogP contribution in [0.2, 0.25) is 0 Å². The Hall–Kier alpha value is -2.91. The van der Waals surface area contributed by atoms with Crippen LogP contribution in [0.4, 0.5) is 13.2 Å². The zero-order valence-corrected chi connectivity index (χ0v) is 21.7. The predicted octanol–water partition coefficient (Wildman–Crippen LogP) is 6.15. The highest BCUT2D eigenvalue weighted by atomic mass is 19.3. The first-order valence-electron chi connectivity index (χ1n) is 11.2. The van der Waals surface area contributed by atoms with Crippen LogP contribution in [0.25, 0.3) is 11.4 Å². The number of nitrogens with zero attached hydrogens (tertiary/aromatic N) is 3. The molecule has 3 rings (SSSR count). The van der Waals surface area contributed by atoms with E-state index in [1.54, 1.807) is 4.68 Å². The van der Waals surface area contributed by atoms with E-state index >= 15 is 0 Å². The van der Waals surface area contributed by atoms with E-state index in [1.165, 1.54) is 5.56 Å². The molecule has 0 radical (unpaired) electrons. The highest BCUT2D eigenvalue weighted by molar-refractivity contribution is 5.54. The van der Waals surface area contributed by atoms with Gasteiger partial charge in [-0.1, -0.05) is 55.8 Å². The second-order valence-corrected chi connectivity index (χ2v) is 7.60. The number of aromatic nitrogens is 3. The molecule has 196 valence electrons. The van der Waals surface area contributed by atoms with Gasteiger partial charge in [-0.25, -0.2) is 13.8 Å². The molecule has 0 saturated heterocycles. The van der Waals surface area contributed by atoms with Crippen molar-refractivity contribution in [3.8, 4) is 17.1 Å². The molecule has 0 unspecified atom stereocenters. The molecule has 9 heteroatoms. The average molecular weight is 498 g/mol. The summed E-state index contributed by atoms with van der Waals surface area (Å²) in [5.74, 6) is 2.20. The molecule has 35 heavy (non-hydrogen) atoms. The van der Waals surface area contributed by atoms with Crippen LogP contribution in [0, 0.1) is 6.92 Å². The van der Waals surface area contributed by atoms with Crippen molar-refractivity contribution < 1.29 is 27.8 Å². The number of aliphatic hydroxyl groups is 1. The largest absolute Gasteiger partial charge is 0.485 e. The van der Waals surface area contributed by atoms with Gasteiger partial charge in [-0.05, 0) is 38.5 Å². The van der Waals surface area contributed by atoms with E-state index in [9.17, 15) is 18.3 Å². The molecule has 0 fully saturated rings. The summed E-state index contributed by atoms with van der Waals surface area (Å²) >= 11 is 0. The lowest BCUT2D eigenvalue weighted by atomic mass is 10.1. The van der Waals surface area contributed by atoms with E-state index in [1.807, 2.05) is 71.1 Å². The van der Waals surface area contributed by atoms with Crippen molar-refractivity contribution in [3.05, 3.63) is 65.5 Å². The highest BCUT2D eigenvalue weighted by Crippen LogP contribution is 2.20. The first-order chi connectivity index (χ1) is 16.8. The Morgan fingerprint density at radius 2 is 1.49 bits per heavy atom. The molecule has 0 aliphatic rings. The third-order valence-corrected chi connectivity index (χ3v) is 4.36. The first-order valence-corrected chi connectivity index (χ1v) is 11.2. The minimum Gasteiger partial charge on any atom is -0.485 e. The maximum atomic E-state index is 9.62. The first kappa shape index (κ1) is 32.1. The third kappa shape index (κ3) is 11.9. The topological polar surface area (TPSA) is 69.4 Å². The lowest BCUT2D eigenvalue weighted by Crippen LogP contribution is -2.32. The molecule has 6 nitrogen and oxygen atoms in total. The van der Waals surface area contributed by atoms with Crippen molar-refractivity contribution in [1.82, 2.24) is 14.8 Å². The number of hydrogen-bond donors (Lipinski definition) is 1. The Morgan fingerprint density at radius 1 is 0.943 bits per heavy atom. The van der Waals surface area contributed by atoms with E-state index in [-0.39, 0.29) is 6.61 Å². The third-order valence-electron chi connectivity index (χ3n) is 4.36. The van der Waals surface area contributed by atoms with Crippen LogP contribution in [-0.2, 0) is 25.0 Å². The van der Waals surface area contributed by atoms with Gasteiger partial charge in [0.25, 0.3) is 0 Å². The Kier molecular flexibility index (Phi) is 16.1. The maximum absolute atomic E-state index is 9.62. The molecule has 0 amide bonds. The fourth-order valence-corrected chi connectivity index (χ4v) is 2.63. The molecule has 0 spiro atoms. The van der Waals surface area contributed by atoms with Crippen molar-refractivity contribution >= 4 is 0 Å². The fourth-order valence-electron chi connectivity index (χ4n) is 2.63. The van der Waals surface area contributed by atoms with E-state index in [2.05, 4.69) is 29.1 Å². The van der Waals surface area contributed by atoms with Crippen molar-refractivity contribution in [2.24, 2.45) is 7.05 Å². The summed E-state index contributed by atoms with van der Waals surface area (Å²) in [6.07, 6.45) is 0. The zero-order valence-electron chi connectivity index (χ0n) is 21.7. The number of rotatable bonds is 8. The van der Waals surface area contributed by atoms with Crippen LogP contribution in [0.15, 0.2) is 48.5 Å². The summed E-state index contributed by atoms with van der Waals surface area (Å²) < 4.78 is 42.1. The monoisotopic (exact) mass is 497 g/mol. The second-order valence-electron chi connectivity index (χ2n) is 7.60. The van der Waals surface area contributed by atoms with E-state index < -0.39 is 12.5 Å². The van der Waals surface area contributed by atoms with Gasteiger partial charge in [-0.2, -0.15) is 5.10 Å². The molecule has 0 bridgehead atoms. The number of aryl methyl sites for hydroxylation is 2. The number of halogens is 3. The smallest absolute Gasteiger partial charge is 0.229 e. The average Bonchev–Trinajstić information content (AvgIpc) is 3.24. The summed E-state index contributed by atoms with van der Waals surface area (Å²) in [6, 6.07) is 15.8. The summed E-state index contributed by atoms with van der Waals surface area (Å²) in [4.78, 5) is 4.59. The van der Waals surface area contributed by atoms with E-state index in [4.69, 9.17) is 9.47 Å². The molecule has 1 N–H and O–H groups in total. The van der Waals surface area contributed by atoms with Gasteiger partial charge in [0.1, 0.15) is 18.0 Å². The number of alkyl halides is 3. The molecule has 0 atom stereocenters. The van der Waals surface area contributed by atoms with Crippen LogP contribution in [-0.4, -0.2) is 46.2 Å². The lowest BCUT2D eigenvalue weighted by Gasteiger charge is -2.23. The Bertz CT molecular complexity index is 931. The van der Waals surface area contributed by atoms with E-state index in [0.29, 0.717) is 26.2 Å². The summed E-state index contributed by atoms with van der Waals surface area (Å²) in [5.41, 5.74) is 2.64. The molecular weight excluding hydrogens is 459 g/mol. The van der Waals surface area contributed by atoms with Gasteiger partial charge >= 0.3 is 0 Å². The highest BCUT2D eigenvalue weighted by Gasteiger charge is 2.18. The van der Waals surface area contributed by atoms with Gasteiger partial charge in [0.2, 0.25) is 6.93 Å². The quantitative estimate of drug-likeness (QED) is 0.404. The molecule has 0 saturated carbocycles. The van der Waals surface area contributed by atoms with Crippen molar-refractivity contribution in [1.29, 1.82) is 0 Å². The van der Waals surface area contributed by atoms with Crippen molar-refractivity contribution in [2.75, 3.05) is 20.7 Å². The van der Waals surface area contributed by atoms with Crippen LogP contribution >= 0.6 is 0 Å². The van der Waals surface area contributed by atoms with Gasteiger partial charge in [0.05, 0.1) is 20.4 Å². The fraction of sp³-hybridized carbons (Fsp3) is 0.462. The van der Waals surface area contributed by atoms with Crippen molar-refractivity contribution in [3.63, 3.8) is 0 Å². The summed E-state index contributed by atoms with van der Waals surface area (Å²) in [7, 11) is 2.37. The number of benzene rings is 2. The normalized spacial score (nSPS) is 10.1. The SMILES string of the molecule is CC.CF.Cc1ccc(-c2nc(COCc3ccc(OC(C)(C)CO)cc3)n(C)n2)cc1.FCF. The summed E-state index contributed by atoms with van der Waals surface area (Å²) in [5, 5.41) is 13.8. The number of hydrogen-bond acceptors (Lipinski definition) is 5. The minimum absolute atomic E-state index is 0.0415. The van der Waals surface area contributed by atoms with E-state index in [0.717, 1.165) is 22.7 Å². The van der Waals surface area contributed by atoms with Crippen LogP contribution < -0.4 is 4.74 Å². The van der Waals surface area contributed by atoms with Crippen LogP contribution in [0.1, 0.15) is 44.6 Å². The molecular formula is C26H38F3N3O3. The van der Waals surface area contributed by atoms with Gasteiger partial charge in [0, 0.05) is 12.6 Å². The molecule has 1 aromatic heterocycles. The Labute approximate surface area is 206 Å². The molecule has 1 heterocycles. The minimum atomic E-state index is -1.75. The van der Waals surface area contributed by atoms with Crippen LogP contribution in [0.3, 0.4) is 0 Å². The molecule has 0 aliphatic carbocycles. The van der Waals surface area contributed by atoms with Crippen molar-refractivity contribution in [2.45, 2.75) is 53.4 Å². The zero-order chi connectivity index (χ0) is 26.9. The Morgan fingerprint density at radius 3 is 2.00 bits per heavy atom.